The van der Waals surface area contributed by atoms with Crippen molar-refractivity contribution >= 4 is 17.4 Å². The third kappa shape index (κ3) is 3.07. The van der Waals surface area contributed by atoms with Crippen LogP contribution in [0.2, 0.25) is 0 Å². The summed E-state index contributed by atoms with van der Waals surface area (Å²) in [7, 11) is 0. The van der Waals surface area contributed by atoms with E-state index >= 15 is 0 Å². The molecule has 0 radical (unpaired) electrons. The lowest BCUT2D eigenvalue weighted by atomic mass is 10.2. The predicted octanol–water partition coefficient (Wildman–Crippen LogP) is 3.42. The Bertz CT molecular complexity index is 835. The first-order valence-electron chi connectivity index (χ1n) is 6.95. The lowest BCUT2D eigenvalue weighted by Crippen LogP contribution is -2.00. The van der Waals surface area contributed by atoms with Crippen molar-refractivity contribution in [2.45, 2.75) is 23.5 Å². The summed E-state index contributed by atoms with van der Waals surface area (Å²) in [5.74, 6) is 0.719. The molecule has 116 valence electrons. The molecular formula is C15H13N5O2S. The van der Waals surface area contributed by atoms with Gasteiger partial charge in [0.25, 0.3) is 5.69 Å². The second-order valence-electron chi connectivity index (χ2n) is 4.61. The highest BCUT2D eigenvalue weighted by Gasteiger charge is 2.18. The van der Waals surface area contributed by atoms with Gasteiger partial charge >= 0.3 is 0 Å². The second kappa shape index (κ2) is 6.57. The van der Waals surface area contributed by atoms with Gasteiger partial charge in [0, 0.05) is 30.6 Å². The zero-order chi connectivity index (χ0) is 16.2. The van der Waals surface area contributed by atoms with Crippen molar-refractivity contribution in [3.05, 3.63) is 58.9 Å². The maximum Gasteiger partial charge on any atom is 0.283 e. The van der Waals surface area contributed by atoms with Crippen molar-refractivity contribution in [2.75, 3.05) is 0 Å². The van der Waals surface area contributed by atoms with Crippen LogP contribution in [-0.2, 0) is 6.54 Å². The highest BCUT2D eigenvalue weighted by molar-refractivity contribution is 7.99. The summed E-state index contributed by atoms with van der Waals surface area (Å²) in [4.78, 5) is 15.3. The van der Waals surface area contributed by atoms with Crippen molar-refractivity contribution in [2.24, 2.45) is 0 Å². The quantitative estimate of drug-likeness (QED) is 0.527. The summed E-state index contributed by atoms with van der Waals surface area (Å²) in [6.07, 6.45) is 3.39. The minimum atomic E-state index is -0.390. The Balaban J connectivity index is 1.99. The van der Waals surface area contributed by atoms with Gasteiger partial charge in [-0.15, -0.1) is 10.2 Å². The zero-order valence-corrected chi connectivity index (χ0v) is 13.1. The van der Waals surface area contributed by atoms with E-state index in [1.165, 1.54) is 17.8 Å². The Morgan fingerprint density at radius 2 is 1.91 bits per heavy atom. The minimum absolute atomic E-state index is 0.0635. The highest BCUT2D eigenvalue weighted by atomic mass is 32.2. The van der Waals surface area contributed by atoms with Crippen LogP contribution in [0.3, 0.4) is 0 Å². The van der Waals surface area contributed by atoms with Crippen LogP contribution in [0.15, 0.2) is 58.8 Å². The summed E-state index contributed by atoms with van der Waals surface area (Å²) < 4.78 is 1.93. The van der Waals surface area contributed by atoms with Crippen molar-refractivity contribution < 1.29 is 4.92 Å². The molecule has 0 fully saturated rings. The molecule has 8 heteroatoms. The Morgan fingerprint density at radius 1 is 1.17 bits per heavy atom. The molecule has 0 aliphatic rings. The average molecular weight is 327 g/mol. The number of nitro benzene ring substituents is 1. The molecule has 0 amide bonds. The summed E-state index contributed by atoms with van der Waals surface area (Å²) in [5, 5.41) is 20.2. The van der Waals surface area contributed by atoms with E-state index in [9.17, 15) is 10.1 Å². The van der Waals surface area contributed by atoms with E-state index in [1.807, 2.05) is 23.6 Å². The van der Waals surface area contributed by atoms with Gasteiger partial charge in [-0.3, -0.25) is 15.1 Å². The number of hydrogen-bond acceptors (Lipinski definition) is 6. The Kier molecular flexibility index (Phi) is 4.33. The van der Waals surface area contributed by atoms with Gasteiger partial charge in [-0.2, -0.15) is 0 Å². The minimum Gasteiger partial charge on any atom is -0.302 e. The zero-order valence-electron chi connectivity index (χ0n) is 12.3. The van der Waals surface area contributed by atoms with Gasteiger partial charge in [-0.1, -0.05) is 12.1 Å². The van der Waals surface area contributed by atoms with Gasteiger partial charge < -0.3 is 4.57 Å². The fraction of sp³-hybridized carbons (Fsp3) is 0.133. The van der Waals surface area contributed by atoms with Crippen LogP contribution in [0.5, 0.6) is 0 Å². The summed E-state index contributed by atoms with van der Waals surface area (Å²) in [6, 6.07) is 10.3. The van der Waals surface area contributed by atoms with Crippen LogP contribution >= 0.6 is 11.8 Å². The molecule has 0 atom stereocenters. The average Bonchev–Trinajstić information content (AvgIpc) is 2.98. The number of benzene rings is 1. The van der Waals surface area contributed by atoms with Gasteiger partial charge in [0.2, 0.25) is 0 Å². The molecule has 23 heavy (non-hydrogen) atoms. The van der Waals surface area contributed by atoms with Crippen molar-refractivity contribution in [3.8, 4) is 11.4 Å². The van der Waals surface area contributed by atoms with E-state index in [4.69, 9.17) is 0 Å². The molecule has 0 aliphatic heterocycles. The SMILES string of the molecule is CCn1c(Sc2ccccc2[N+](=O)[O-])nnc1-c1ccncc1. The van der Waals surface area contributed by atoms with Gasteiger partial charge in [-0.25, -0.2) is 0 Å². The molecule has 0 saturated carbocycles. The molecule has 0 aliphatic carbocycles. The standard InChI is InChI=1S/C15H13N5O2S/c1-2-19-14(11-7-9-16-10-8-11)17-18-15(19)23-13-6-4-3-5-12(13)20(21)22/h3-10H,2H2,1H3. The molecule has 3 rings (SSSR count). The van der Waals surface area contributed by atoms with Crippen molar-refractivity contribution in [1.29, 1.82) is 0 Å². The number of aromatic nitrogens is 4. The lowest BCUT2D eigenvalue weighted by molar-refractivity contribution is -0.387. The molecule has 0 N–H and O–H groups in total. The van der Waals surface area contributed by atoms with Gasteiger partial charge in [0.15, 0.2) is 11.0 Å². The third-order valence-electron chi connectivity index (χ3n) is 3.23. The van der Waals surface area contributed by atoms with Crippen LogP contribution in [0.25, 0.3) is 11.4 Å². The normalized spacial score (nSPS) is 10.7. The summed E-state index contributed by atoms with van der Waals surface area (Å²) in [5.41, 5.74) is 0.970. The smallest absolute Gasteiger partial charge is 0.283 e. The van der Waals surface area contributed by atoms with E-state index in [0.29, 0.717) is 16.6 Å². The number of nitro groups is 1. The molecule has 3 aromatic rings. The maximum atomic E-state index is 11.1. The van der Waals surface area contributed by atoms with Crippen LogP contribution in [0.4, 0.5) is 5.69 Å². The lowest BCUT2D eigenvalue weighted by Gasteiger charge is -2.07. The Hall–Kier alpha value is -2.74. The fourth-order valence-corrected chi connectivity index (χ4v) is 3.15. The molecular weight excluding hydrogens is 314 g/mol. The van der Waals surface area contributed by atoms with Crippen LogP contribution in [0.1, 0.15) is 6.92 Å². The van der Waals surface area contributed by atoms with Crippen molar-refractivity contribution in [3.63, 3.8) is 0 Å². The molecule has 1 aromatic carbocycles. The predicted molar refractivity (Wildman–Crippen MR) is 86.1 cm³/mol. The Morgan fingerprint density at radius 3 is 2.61 bits per heavy atom. The second-order valence-corrected chi connectivity index (χ2v) is 5.62. The molecule has 2 heterocycles. The number of para-hydroxylation sites is 1. The number of hydrogen-bond donors (Lipinski definition) is 0. The molecule has 0 unspecified atom stereocenters. The van der Waals surface area contributed by atoms with E-state index < -0.39 is 4.92 Å². The van der Waals surface area contributed by atoms with E-state index in [-0.39, 0.29) is 5.69 Å². The number of rotatable bonds is 5. The highest BCUT2D eigenvalue weighted by Crippen LogP contribution is 2.34. The number of pyridine rings is 1. The largest absolute Gasteiger partial charge is 0.302 e. The summed E-state index contributed by atoms with van der Waals surface area (Å²) >= 11 is 1.24. The molecule has 2 aromatic heterocycles. The van der Waals surface area contributed by atoms with Crippen LogP contribution in [0, 0.1) is 10.1 Å². The first kappa shape index (κ1) is 15.2. The molecule has 0 bridgehead atoms. The van der Waals surface area contributed by atoms with E-state index in [0.717, 1.165) is 11.4 Å². The molecule has 0 spiro atoms. The monoisotopic (exact) mass is 327 g/mol. The third-order valence-corrected chi connectivity index (χ3v) is 4.28. The van der Waals surface area contributed by atoms with E-state index in [1.54, 1.807) is 30.6 Å². The van der Waals surface area contributed by atoms with Crippen LogP contribution < -0.4 is 0 Å². The first-order valence-corrected chi connectivity index (χ1v) is 7.77. The fourth-order valence-electron chi connectivity index (χ4n) is 2.16. The van der Waals surface area contributed by atoms with Gasteiger partial charge in [-0.05, 0) is 36.9 Å². The number of nitrogens with zero attached hydrogens (tertiary/aromatic N) is 5. The van der Waals surface area contributed by atoms with Crippen molar-refractivity contribution in [1.82, 2.24) is 19.7 Å². The maximum absolute atomic E-state index is 11.1. The first-order chi connectivity index (χ1) is 11.2. The van der Waals surface area contributed by atoms with Gasteiger partial charge in [0.1, 0.15) is 0 Å². The molecule has 7 nitrogen and oxygen atoms in total. The van der Waals surface area contributed by atoms with E-state index in [2.05, 4.69) is 15.2 Å². The van der Waals surface area contributed by atoms with Crippen LogP contribution in [-0.4, -0.2) is 24.7 Å². The topological polar surface area (TPSA) is 86.7 Å². The Labute approximate surface area is 136 Å². The molecule has 0 saturated heterocycles. The van der Waals surface area contributed by atoms with Gasteiger partial charge in [0.05, 0.1) is 9.82 Å². The summed E-state index contributed by atoms with van der Waals surface area (Å²) in [6.45, 7) is 2.64.